The van der Waals surface area contributed by atoms with Crippen LogP contribution in [0.1, 0.15) is 6.92 Å². The molecule has 22 heavy (non-hydrogen) atoms. The van der Waals surface area contributed by atoms with Crippen molar-refractivity contribution in [1.29, 1.82) is 0 Å². The molecule has 3 rings (SSSR count). The van der Waals surface area contributed by atoms with Crippen LogP contribution in [0.3, 0.4) is 0 Å². The molecule has 0 amide bonds. The third kappa shape index (κ3) is 3.03. The zero-order chi connectivity index (χ0) is 15.4. The van der Waals surface area contributed by atoms with Gasteiger partial charge in [0.1, 0.15) is 17.0 Å². The summed E-state index contributed by atoms with van der Waals surface area (Å²) in [5, 5.41) is 9.76. The first kappa shape index (κ1) is 14.4. The molecule has 3 heterocycles. The topological polar surface area (TPSA) is 91.5 Å². The molecule has 0 N–H and O–H groups in total. The monoisotopic (exact) mass is 315 g/mol. The molecule has 3 aromatic rings. The third-order valence-corrected chi connectivity index (χ3v) is 3.70. The lowest BCUT2D eigenvalue weighted by atomic mass is 10.4. The van der Waals surface area contributed by atoms with Gasteiger partial charge in [0.2, 0.25) is 5.88 Å². The SMILES string of the molecule is CCOc1cc(Sc2nnc(-c3cnccn3)n2C)ncn1. The maximum absolute atomic E-state index is 5.36. The fourth-order valence-electron chi connectivity index (χ4n) is 1.74. The minimum Gasteiger partial charge on any atom is -0.478 e. The average Bonchev–Trinajstić information content (AvgIpc) is 2.90. The van der Waals surface area contributed by atoms with E-state index in [2.05, 4.69) is 30.1 Å². The van der Waals surface area contributed by atoms with Gasteiger partial charge in [-0.05, 0) is 18.7 Å². The number of rotatable bonds is 5. The Bertz CT molecular complexity index is 762. The molecule has 0 saturated heterocycles. The largest absolute Gasteiger partial charge is 0.478 e. The van der Waals surface area contributed by atoms with Crippen molar-refractivity contribution in [3.05, 3.63) is 31.0 Å². The Balaban J connectivity index is 1.85. The van der Waals surface area contributed by atoms with Crippen LogP contribution >= 0.6 is 11.8 Å². The molecule has 0 spiro atoms. The van der Waals surface area contributed by atoms with Crippen LogP contribution in [0.25, 0.3) is 11.5 Å². The standard InChI is InChI=1S/C13H13N7OS/c1-3-21-10-6-11(17-8-16-10)22-13-19-18-12(20(13)2)9-7-14-4-5-15-9/h4-8H,3H2,1-2H3. The van der Waals surface area contributed by atoms with Crippen LogP contribution in [0.15, 0.2) is 41.2 Å². The van der Waals surface area contributed by atoms with Gasteiger partial charge in [0.05, 0.1) is 12.8 Å². The van der Waals surface area contributed by atoms with Crippen LogP contribution in [0.2, 0.25) is 0 Å². The number of aromatic nitrogens is 7. The predicted molar refractivity (Wildman–Crippen MR) is 79.4 cm³/mol. The molecule has 3 aromatic heterocycles. The van der Waals surface area contributed by atoms with Crippen molar-refractivity contribution in [2.75, 3.05) is 6.61 Å². The second-order valence-corrected chi connectivity index (χ2v) is 5.17. The minimum absolute atomic E-state index is 0.538. The van der Waals surface area contributed by atoms with E-state index in [-0.39, 0.29) is 0 Å². The van der Waals surface area contributed by atoms with E-state index in [1.807, 2.05) is 18.5 Å². The van der Waals surface area contributed by atoms with Gasteiger partial charge in [0.15, 0.2) is 11.0 Å². The highest BCUT2D eigenvalue weighted by molar-refractivity contribution is 7.99. The predicted octanol–water partition coefficient (Wildman–Crippen LogP) is 1.61. The lowest BCUT2D eigenvalue weighted by Crippen LogP contribution is -1.98. The van der Waals surface area contributed by atoms with Crippen LogP contribution < -0.4 is 4.74 Å². The highest BCUT2D eigenvalue weighted by Crippen LogP contribution is 2.27. The van der Waals surface area contributed by atoms with E-state index < -0.39 is 0 Å². The van der Waals surface area contributed by atoms with Crippen LogP contribution in [-0.2, 0) is 7.05 Å². The van der Waals surface area contributed by atoms with E-state index in [1.54, 1.807) is 24.7 Å². The summed E-state index contributed by atoms with van der Waals surface area (Å²) in [7, 11) is 1.87. The molecule has 8 nitrogen and oxygen atoms in total. The van der Waals surface area contributed by atoms with E-state index in [1.165, 1.54) is 18.1 Å². The molecule has 112 valence electrons. The zero-order valence-corrected chi connectivity index (χ0v) is 12.9. The van der Waals surface area contributed by atoms with Gasteiger partial charge < -0.3 is 9.30 Å². The first-order valence-corrected chi connectivity index (χ1v) is 7.38. The van der Waals surface area contributed by atoms with Crippen LogP contribution in [0, 0.1) is 0 Å². The van der Waals surface area contributed by atoms with E-state index >= 15 is 0 Å². The number of nitrogens with zero attached hydrogens (tertiary/aromatic N) is 7. The van der Waals surface area contributed by atoms with Crippen molar-refractivity contribution >= 4 is 11.8 Å². The summed E-state index contributed by atoms with van der Waals surface area (Å²) in [4.78, 5) is 16.5. The van der Waals surface area contributed by atoms with Crippen molar-refractivity contribution in [3.8, 4) is 17.4 Å². The quantitative estimate of drug-likeness (QED) is 0.656. The van der Waals surface area contributed by atoms with Crippen LogP contribution in [0.4, 0.5) is 0 Å². The molecule has 0 fully saturated rings. The highest BCUT2D eigenvalue weighted by atomic mass is 32.2. The number of ether oxygens (including phenoxy) is 1. The fraction of sp³-hybridized carbons (Fsp3) is 0.231. The summed E-state index contributed by atoms with van der Waals surface area (Å²) in [5.74, 6) is 1.19. The zero-order valence-electron chi connectivity index (χ0n) is 12.0. The molecule has 0 saturated carbocycles. The van der Waals surface area contributed by atoms with Crippen molar-refractivity contribution in [2.45, 2.75) is 17.1 Å². The molecule has 9 heteroatoms. The summed E-state index contributed by atoms with van der Waals surface area (Å²) in [5.41, 5.74) is 0.669. The summed E-state index contributed by atoms with van der Waals surface area (Å²) < 4.78 is 7.21. The van der Waals surface area contributed by atoms with Crippen molar-refractivity contribution in [2.24, 2.45) is 7.05 Å². The van der Waals surface area contributed by atoms with Gasteiger partial charge in [0, 0.05) is 25.5 Å². The lowest BCUT2D eigenvalue weighted by Gasteiger charge is -2.04. The first-order chi connectivity index (χ1) is 10.8. The molecule has 0 aliphatic heterocycles. The Kier molecular flexibility index (Phi) is 4.24. The Morgan fingerprint density at radius 1 is 1.18 bits per heavy atom. The molecule has 0 aliphatic carbocycles. The molecule has 0 aliphatic rings. The van der Waals surface area contributed by atoms with Crippen molar-refractivity contribution < 1.29 is 4.74 Å². The Labute approximate surface area is 131 Å². The third-order valence-electron chi connectivity index (χ3n) is 2.73. The summed E-state index contributed by atoms with van der Waals surface area (Å²) in [6.45, 7) is 2.46. The van der Waals surface area contributed by atoms with Crippen molar-refractivity contribution in [1.82, 2.24) is 34.7 Å². The molecule has 0 aromatic carbocycles. The smallest absolute Gasteiger partial charge is 0.217 e. The van der Waals surface area contributed by atoms with Crippen LogP contribution in [-0.4, -0.2) is 41.3 Å². The number of hydrogen-bond acceptors (Lipinski definition) is 8. The van der Waals surface area contributed by atoms with Crippen LogP contribution in [0.5, 0.6) is 5.88 Å². The normalized spacial score (nSPS) is 10.6. The van der Waals surface area contributed by atoms with Crippen molar-refractivity contribution in [3.63, 3.8) is 0 Å². The molecule has 0 radical (unpaired) electrons. The van der Waals surface area contributed by atoms with Gasteiger partial charge in [-0.25, -0.2) is 15.0 Å². The van der Waals surface area contributed by atoms with Gasteiger partial charge in [-0.2, -0.15) is 0 Å². The van der Waals surface area contributed by atoms with E-state index in [0.29, 0.717) is 29.2 Å². The summed E-state index contributed by atoms with van der Waals surface area (Å²) >= 11 is 1.38. The second-order valence-electron chi connectivity index (χ2n) is 4.19. The van der Waals surface area contributed by atoms with E-state index in [0.717, 1.165) is 5.03 Å². The van der Waals surface area contributed by atoms with Gasteiger partial charge >= 0.3 is 0 Å². The van der Waals surface area contributed by atoms with Gasteiger partial charge in [-0.3, -0.25) is 4.98 Å². The molecule has 0 bridgehead atoms. The molecule has 0 unspecified atom stereocenters. The van der Waals surface area contributed by atoms with E-state index in [9.17, 15) is 0 Å². The minimum atomic E-state index is 0.538. The first-order valence-electron chi connectivity index (χ1n) is 6.56. The molecule has 0 atom stereocenters. The highest BCUT2D eigenvalue weighted by Gasteiger charge is 2.14. The van der Waals surface area contributed by atoms with E-state index in [4.69, 9.17) is 4.74 Å². The summed E-state index contributed by atoms with van der Waals surface area (Å²) in [6.07, 6.45) is 6.35. The van der Waals surface area contributed by atoms with Gasteiger partial charge in [-0.15, -0.1) is 10.2 Å². The molecular weight excluding hydrogens is 302 g/mol. The average molecular weight is 315 g/mol. The number of hydrogen-bond donors (Lipinski definition) is 0. The van der Waals surface area contributed by atoms with Gasteiger partial charge in [-0.1, -0.05) is 0 Å². The Morgan fingerprint density at radius 2 is 2.09 bits per heavy atom. The maximum atomic E-state index is 5.36. The van der Waals surface area contributed by atoms with Gasteiger partial charge in [0.25, 0.3) is 0 Å². The Hall–Kier alpha value is -2.55. The second kappa shape index (κ2) is 6.48. The molecular formula is C13H13N7OS. The Morgan fingerprint density at radius 3 is 2.86 bits per heavy atom. The fourth-order valence-corrected chi connectivity index (χ4v) is 2.49. The lowest BCUT2D eigenvalue weighted by molar-refractivity contribution is 0.324. The maximum Gasteiger partial charge on any atom is 0.217 e. The summed E-state index contributed by atoms with van der Waals surface area (Å²) in [6, 6.07) is 1.77.